The van der Waals surface area contributed by atoms with Crippen LogP contribution in [0.5, 0.6) is 0 Å². The number of halogens is 3. The first-order valence-electron chi connectivity index (χ1n) is 2.67. The zero-order chi connectivity index (χ0) is 9.33. The van der Waals surface area contributed by atoms with Crippen molar-refractivity contribution in [3.05, 3.63) is 12.7 Å². The number of rotatable bonds is 2. The van der Waals surface area contributed by atoms with E-state index in [0.29, 0.717) is 0 Å². The second-order valence-electron chi connectivity index (χ2n) is 1.43. The van der Waals surface area contributed by atoms with E-state index in [2.05, 4.69) is 11.3 Å². The van der Waals surface area contributed by atoms with Gasteiger partial charge in [0.05, 0.1) is 0 Å². The summed E-state index contributed by atoms with van der Waals surface area (Å²) in [5, 5.41) is 0. The molecule has 0 atom stereocenters. The Kier molecular flexibility index (Phi) is 8.18. The fourth-order valence-electron chi connectivity index (χ4n) is 0.129. The van der Waals surface area contributed by atoms with E-state index in [1.165, 1.54) is 0 Å². The van der Waals surface area contributed by atoms with E-state index in [1.54, 1.807) is 6.08 Å². The number of hydrogen-bond acceptors (Lipinski definition) is 2. The quantitative estimate of drug-likeness (QED) is 0.467. The first kappa shape index (κ1) is 12.7. The predicted molar refractivity (Wildman–Crippen MR) is 33.9 cm³/mol. The Morgan fingerprint density at radius 2 is 1.91 bits per heavy atom. The summed E-state index contributed by atoms with van der Waals surface area (Å²) in [5.41, 5.74) is 0. The molecule has 0 heterocycles. The monoisotopic (exact) mass is 170 g/mol. The van der Waals surface area contributed by atoms with Crippen molar-refractivity contribution in [3.8, 4) is 0 Å². The van der Waals surface area contributed by atoms with Crippen LogP contribution in [-0.2, 0) is 9.53 Å². The fourth-order valence-corrected chi connectivity index (χ4v) is 0.129. The van der Waals surface area contributed by atoms with Gasteiger partial charge in [-0.25, -0.2) is 0 Å². The Hall–Kier alpha value is -1.00. The van der Waals surface area contributed by atoms with Crippen LogP contribution in [0.25, 0.3) is 0 Å². The van der Waals surface area contributed by atoms with Crippen LogP contribution in [0.2, 0.25) is 0 Å². The summed E-state index contributed by atoms with van der Waals surface area (Å²) in [6, 6.07) is 0. The number of allylic oxidation sites excluding steroid dienone is 1. The molecule has 2 nitrogen and oxygen atoms in total. The summed E-state index contributed by atoms with van der Waals surface area (Å²) >= 11 is 0. The summed E-state index contributed by atoms with van der Waals surface area (Å²) in [5.74, 6) is 0. The third-order valence-corrected chi connectivity index (χ3v) is 0.315. The highest BCUT2D eigenvalue weighted by Gasteiger charge is 2.27. The molecule has 0 saturated heterocycles. The first-order valence-corrected chi connectivity index (χ1v) is 2.67. The van der Waals surface area contributed by atoms with Gasteiger partial charge in [-0.2, -0.15) is 13.2 Å². The number of carbonyl (C=O) groups excluding carboxylic acids is 1. The summed E-state index contributed by atoms with van der Waals surface area (Å²) in [4.78, 5) is 9.13. The molecule has 0 bridgehead atoms. The summed E-state index contributed by atoms with van der Waals surface area (Å²) in [6.07, 6.45) is -2.65. The average Bonchev–Trinajstić information content (AvgIpc) is 1.84. The van der Waals surface area contributed by atoms with Crippen LogP contribution >= 0.6 is 0 Å². The molecule has 0 unspecified atom stereocenters. The normalized spacial score (nSPS) is 9.09. The Morgan fingerprint density at radius 1 is 1.55 bits per heavy atom. The largest absolute Gasteiger partial charge is 0.458 e. The number of alkyl halides is 3. The average molecular weight is 170 g/mol. The minimum atomic E-state index is -4.40. The van der Waals surface area contributed by atoms with E-state index in [0.717, 1.165) is 0 Å². The van der Waals surface area contributed by atoms with Crippen LogP contribution in [0, 0.1) is 0 Å². The molecule has 0 aromatic rings. The highest BCUT2D eigenvalue weighted by atomic mass is 19.4. The van der Waals surface area contributed by atoms with Gasteiger partial charge >= 0.3 is 6.18 Å². The van der Waals surface area contributed by atoms with E-state index in [-0.39, 0.29) is 6.47 Å². The Balaban J connectivity index is 0. The maximum absolute atomic E-state index is 11.0. The molecule has 0 aromatic carbocycles. The lowest BCUT2D eigenvalue weighted by Gasteiger charge is -2.01. The van der Waals surface area contributed by atoms with E-state index >= 15 is 0 Å². The van der Waals surface area contributed by atoms with Crippen molar-refractivity contribution in [3.63, 3.8) is 0 Å². The SMILES string of the molecule is C=CC.O=COCC(F)(F)F. The van der Waals surface area contributed by atoms with Gasteiger partial charge in [0, 0.05) is 0 Å². The molecule has 0 amide bonds. The molecule has 0 aromatic heterocycles. The van der Waals surface area contributed by atoms with Gasteiger partial charge in [0.1, 0.15) is 0 Å². The van der Waals surface area contributed by atoms with Crippen LogP contribution in [0.3, 0.4) is 0 Å². The lowest BCUT2D eigenvalue weighted by Crippen LogP contribution is -2.15. The topological polar surface area (TPSA) is 26.3 Å². The van der Waals surface area contributed by atoms with Crippen LogP contribution in [-0.4, -0.2) is 19.3 Å². The standard InChI is InChI=1S/C3H3F3O2.C3H6/c4-3(5,6)1-8-2-7;1-3-2/h2H,1H2;3H,1H2,2H3. The van der Waals surface area contributed by atoms with Gasteiger partial charge in [0.15, 0.2) is 6.61 Å². The van der Waals surface area contributed by atoms with Gasteiger partial charge in [0.2, 0.25) is 0 Å². The maximum Gasteiger partial charge on any atom is 0.422 e. The van der Waals surface area contributed by atoms with Gasteiger partial charge in [-0.3, -0.25) is 4.79 Å². The van der Waals surface area contributed by atoms with E-state index < -0.39 is 12.8 Å². The molecule has 0 aliphatic rings. The van der Waals surface area contributed by atoms with Crippen LogP contribution in [0.1, 0.15) is 6.92 Å². The predicted octanol–water partition coefficient (Wildman–Crippen LogP) is 1.91. The Labute approximate surface area is 62.7 Å². The van der Waals surface area contributed by atoms with E-state index in [1.807, 2.05) is 6.92 Å². The third-order valence-electron chi connectivity index (χ3n) is 0.315. The van der Waals surface area contributed by atoms with Gasteiger partial charge < -0.3 is 4.74 Å². The highest BCUT2D eigenvalue weighted by molar-refractivity contribution is 5.36. The molecule has 0 saturated carbocycles. The van der Waals surface area contributed by atoms with Crippen LogP contribution in [0.15, 0.2) is 12.7 Å². The molecule has 11 heavy (non-hydrogen) atoms. The zero-order valence-corrected chi connectivity index (χ0v) is 6.02. The van der Waals surface area contributed by atoms with Crippen molar-refractivity contribution in [1.29, 1.82) is 0 Å². The molecule has 0 radical (unpaired) electrons. The maximum atomic E-state index is 11.0. The van der Waals surface area contributed by atoms with Gasteiger partial charge in [-0.15, -0.1) is 6.58 Å². The van der Waals surface area contributed by atoms with Gasteiger partial charge in [0.25, 0.3) is 6.47 Å². The van der Waals surface area contributed by atoms with Gasteiger partial charge in [-0.05, 0) is 6.92 Å². The first-order chi connectivity index (χ1) is 4.97. The molecule has 66 valence electrons. The molecule has 0 aliphatic carbocycles. The number of hydrogen-bond donors (Lipinski definition) is 0. The molecule has 0 N–H and O–H groups in total. The van der Waals surface area contributed by atoms with Crippen molar-refractivity contribution in [2.24, 2.45) is 0 Å². The number of carbonyl (C=O) groups is 1. The molecular weight excluding hydrogens is 161 g/mol. The lowest BCUT2D eigenvalue weighted by atomic mass is 10.7. The van der Waals surface area contributed by atoms with Crippen molar-refractivity contribution >= 4 is 6.47 Å². The van der Waals surface area contributed by atoms with Gasteiger partial charge in [-0.1, -0.05) is 6.08 Å². The van der Waals surface area contributed by atoms with E-state index in [9.17, 15) is 13.2 Å². The minimum Gasteiger partial charge on any atom is -0.458 e. The molecule has 0 aliphatic heterocycles. The summed E-state index contributed by atoms with van der Waals surface area (Å²) < 4.78 is 36.3. The van der Waals surface area contributed by atoms with Crippen molar-refractivity contribution in [2.45, 2.75) is 13.1 Å². The molecular formula is C6H9F3O2. The molecule has 0 rings (SSSR count). The van der Waals surface area contributed by atoms with Crippen LogP contribution < -0.4 is 0 Å². The molecule has 0 spiro atoms. The summed E-state index contributed by atoms with van der Waals surface area (Å²) in [6.45, 7) is 3.50. The Bertz CT molecular complexity index is 109. The second kappa shape index (κ2) is 7.11. The summed E-state index contributed by atoms with van der Waals surface area (Å²) in [7, 11) is 0. The van der Waals surface area contributed by atoms with Crippen LogP contribution in [0.4, 0.5) is 13.2 Å². The van der Waals surface area contributed by atoms with Crippen molar-refractivity contribution in [1.82, 2.24) is 0 Å². The Morgan fingerprint density at radius 3 is 2.00 bits per heavy atom. The van der Waals surface area contributed by atoms with Crippen molar-refractivity contribution < 1.29 is 22.7 Å². The second-order valence-corrected chi connectivity index (χ2v) is 1.43. The smallest absolute Gasteiger partial charge is 0.422 e. The number of ether oxygens (including phenoxy) is 1. The minimum absolute atomic E-state index is 0.243. The zero-order valence-electron chi connectivity index (χ0n) is 6.02. The highest BCUT2D eigenvalue weighted by Crippen LogP contribution is 2.13. The fraction of sp³-hybridized carbons (Fsp3) is 0.500. The third kappa shape index (κ3) is 27.6. The van der Waals surface area contributed by atoms with Crippen molar-refractivity contribution in [2.75, 3.05) is 6.61 Å². The lowest BCUT2D eigenvalue weighted by molar-refractivity contribution is -0.177. The molecule has 5 heteroatoms. The molecule has 0 fully saturated rings. The van der Waals surface area contributed by atoms with E-state index in [4.69, 9.17) is 4.79 Å².